The highest BCUT2D eigenvalue weighted by molar-refractivity contribution is 5.76. The van der Waals surface area contributed by atoms with E-state index in [-0.39, 0.29) is 11.9 Å². The first-order chi connectivity index (χ1) is 9.70. The Morgan fingerprint density at radius 1 is 1.30 bits per heavy atom. The smallest absolute Gasteiger partial charge is 0.222 e. The third-order valence-corrected chi connectivity index (χ3v) is 4.08. The molecule has 0 bridgehead atoms. The van der Waals surface area contributed by atoms with Crippen LogP contribution in [0.3, 0.4) is 0 Å². The molecule has 0 aliphatic carbocycles. The minimum absolute atomic E-state index is 0.0630. The van der Waals surface area contributed by atoms with E-state index in [1.807, 2.05) is 6.92 Å². The van der Waals surface area contributed by atoms with Gasteiger partial charge in [0, 0.05) is 39.2 Å². The van der Waals surface area contributed by atoms with Gasteiger partial charge in [-0.05, 0) is 14.0 Å². The minimum Gasteiger partial charge on any atom is -0.381 e. The van der Waals surface area contributed by atoms with E-state index in [2.05, 4.69) is 22.2 Å². The van der Waals surface area contributed by atoms with E-state index < -0.39 is 0 Å². The number of hydrogen-bond donors (Lipinski definition) is 1. The maximum absolute atomic E-state index is 11.9. The average molecular weight is 285 g/mol. The van der Waals surface area contributed by atoms with Gasteiger partial charge < -0.3 is 19.7 Å². The Morgan fingerprint density at radius 3 is 2.75 bits per heavy atom. The van der Waals surface area contributed by atoms with E-state index in [9.17, 15) is 4.79 Å². The first-order valence-electron chi connectivity index (χ1n) is 7.58. The molecule has 0 unspecified atom stereocenters. The Labute approximate surface area is 121 Å². The third kappa shape index (κ3) is 4.41. The first kappa shape index (κ1) is 15.7. The summed E-state index contributed by atoms with van der Waals surface area (Å²) in [5.74, 6) is 0.0630. The third-order valence-electron chi connectivity index (χ3n) is 4.08. The molecular formula is C14H27N3O3. The van der Waals surface area contributed by atoms with Crippen LogP contribution in [0, 0.1) is 0 Å². The second-order valence-corrected chi connectivity index (χ2v) is 5.56. The second kappa shape index (κ2) is 7.93. The van der Waals surface area contributed by atoms with E-state index >= 15 is 0 Å². The van der Waals surface area contributed by atoms with Crippen LogP contribution in [0.15, 0.2) is 0 Å². The van der Waals surface area contributed by atoms with Gasteiger partial charge in [0.15, 0.2) is 0 Å². The largest absolute Gasteiger partial charge is 0.381 e. The van der Waals surface area contributed by atoms with Crippen molar-refractivity contribution in [1.82, 2.24) is 15.1 Å². The van der Waals surface area contributed by atoms with Crippen molar-refractivity contribution in [2.24, 2.45) is 0 Å². The fourth-order valence-electron chi connectivity index (χ4n) is 2.78. The standard InChI is InChI=1S/C14H27N3O3/c1-3-19-9-4-14(18)15-12-10-20-11-13(12)17-7-5-16(2)6-8-17/h12-13H,3-11H2,1-2H3,(H,15,18)/t12-,13-/m0/s1. The summed E-state index contributed by atoms with van der Waals surface area (Å²) in [4.78, 5) is 16.7. The number of carbonyl (C=O) groups is 1. The molecule has 0 radical (unpaired) electrons. The van der Waals surface area contributed by atoms with Gasteiger partial charge in [0.1, 0.15) is 0 Å². The molecule has 0 aromatic carbocycles. The normalized spacial score (nSPS) is 28.7. The van der Waals surface area contributed by atoms with Crippen molar-refractivity contribution in [3.8, 4) is 0 Å². The number of hydrogen-bond acceptors (Lipinski definition) is 5. The van der Waals surface area contributed by atoms with E-state index in [0.29, 0.717) is 32.3 Å². The summed E-state index contributed by atoms with van der Waals surface area (Å²) in [6, 6.07) is 0.437. The van der Waals surface area contributed by atoms with Gasteiger partial charge in [-0.15, -0.1) is 0 Å². The van der Waals surface area contributed by atoms with Gasteiger partial charge in [0.2, 0.25) is 5.91 Å². The molecule has 1 N–H and O–H groups in total. The highest BCUT2D eigenvalue weighted by Crippen LogP contribution is 2.15. The van der Waals surface area contributed by atoms with Crippen LogP contribution in [-0.2, 0) is 14.3 Å². The summed E-state index contributed by atoms with van der Waals surface area (Å²) in [5, 5.41) is 3.10. The predicted molar refractivity (Wildman–Crippen MR) is 76.7 cm³/mol. The van der Waals surface area contributed by atoms with Crippen molar-refractivity contribution < 1.29 is 14.3 Å². The van der Waals surface area contributed by atoms with Crippen molar-refractivity contribution in [2.45, 2.75) is 25.4 Å². The Morgan fingerprint density at radius 2 is 2.05 bits per heavy atom. The van der Waals surface area contributed by atoms with Crippen molar-refractivity contribution in [3.63, 3.8) is 0 Å². The SMILES string of the molecule is CCOCCC(=O)N[C@H]1COC[C@@H]1N1CCN(C)CC1. The summed E-state index contributed by atoms with van der Waals surface area (Å²) in [6.45, 7) is 8.71. The van der Waals surface area contributed by atoms with Crippen LogP contribution in [-0.4, -0.2) is 87.4 Å². The van der Waals surface area contributed by atoms with E-state index in [4.69, 9.17) is 9.47 Å². The number of rotatable bonds is 6. The Kier molecular flexibility index (Phi) is 6.22. The van der Waals surface area contributed by atoms with Crippen LogP contribution in [0.2, 0.25) is 0 Å². The lowest BCUT2D eigenvalue weighted by atomic mass is 10.1. The van der Waals surface area contributed by atoms with E-state index in [1.54, 1.807) is 0 Å². The maximum Gasteiger partial charge on any atom is 0.222 e. The van der Waals surface area contributed by atoms with Gasteiger partial charge in [-0.25, -0.2) is 0 Å². The van der Waals surface area contributed by atoms with E-state index in [0.717, 1.165) is 32.8 Å². The Bertz CT molecular complexity index is 306. The van der Waals surface area contributed by atoms with Crippen molar-refractivity contribution in [1.29, 1.82) is 0 Å². The number of amides is 1. The molecule has 0 spiro atoms. The van der Waals surface area contributed by atoms with Crippen LogP contribution in [0.1, 0.15) is 13.3 Å². The zero-order valence-electron chi connectivity index (χ0n) is 12.6. The highest BCUT2D eigenvalue weighted by Gasteiger charge is 2.35. The summed E-state index contributed by atoms with van der Waals surface area (Å²) >= 11 is 0. The van der Waals surface area contributed by atoms with Crippen LogP contribution in [0.25, 0.3) is 0 Å². The average Bonchev–Trinajstić information content (AvgIpc) is 2.88. The number of nitrogens with one attached hydrogen (secondary N) is 1. The van der Waals surface area contributed by atoms with Crippen molar-refractivity contribution in [3.05, 3.63) is 0 Å². The van der Waals surface area contributed by atoms with Crippen LogP contribution < -0.4 is 5.32 Å². The van der Waals surface area contributed by atoms with Gasteiger partial charge in [0.05, 0.1) is 31.9 Å². The first-order valence-corrected chi connectivity index (χ1v) is 7.58. The molecule has 2 fully saturated rings. The van der Waals surface area contributed by atoms with Crippen molar-refractivity contribution >= 4 is 5.91 Å². The van der Waals surface area contributed by atoms with Gasteiger partial charge in [-0.3, -0.25) is 9.69 Å². The Balaban J connectivity index is 1.77. The monoisotopic (exact) mass is 285 g/mol. The number of piperazine rings is 1. The maximum atomic E-state index is 11.9. The van der Waals surface area contributed by atoms with Crippen molar-refractivity contribution in [2.75, 3.05) is 59.7 Å². The molecule has 6 nitrogen and oxygen atoms in total. The molecule has 2 rings (SSSR count). The minimum atomic E-state index is 0.0630. The van der Waals surface area contributed by atoms with E-state index in [1.165, 1.54) is 0 Å². The summed E-state index contributed by atoms with van der Waals surface area (Å²) in [7, 11) is 2.15. The molecule has 2 atom stereocenters. The number of nitrogens with zero attached hydrogens (tertiary/aromatic N) is 2. The molecule has 0 saturated carbocycles. The zero-order chi connectivity index (χ0) is 14.4. The fourth-order valence-corrected chi connectivity index (χ4v) is 2.78. The summed E-state index contributed by atoms with van der Waals surface area (Å²) in [6.07, 6.45) is 0.430. The molecule has 2 saturated heterocycles. The molecule has 20 heavy (non-hydrogen) atoms. The molecule has 116 valence electrons. The lowest BCUT2D eigenvalue weighted by Gasteiger charge is -2.38. The topological polar surface area (TPSA) is 54.0 Å². The quantitative estimate of drug-likeness (QED) is 0.670. The van der Waals surface area contributed by atoms with Crippen LogP contribution in [0.5, 0.6) is 0 Å². The predicted octanol–water partition coefficient (Wildman–Crippen LogP) is -0.456. The summed E-state index contributed by atoms with van der Waals surface area (Å²) < 4.78 is 10.8. The summed E-state index contributed by atoms with van der Waals surface area (Å²) in [5.41, 5.74) is 0. The molecule has 2 aliphatic rings. The molecule has 0 aromatic rings. The molecule has 2 heterocycles. The van der Waals surface area contributed by atoms with Crippen LogP contribution >= 0.6 is 0 Å². The number of carbonyl (C=O) groups excluding carboxylic acids is 1. The van der Waals surface area contributed by atoms with Gasteiger partial charge >= 0.3 is 0 Å². The number of ether oxygens (including phenoxy) is 2. The molecule has 6 heteroatoms. The zero-order valence-corrected chi connectivity index (χ0v) is 12.6. The Hall–Kier alpha value is -0.690. The molecule has 1 amide bonds. The van der Waals surface area contributed by atoms with Gasteiger partial charge in [0.25, 0.3) is 0 Å². The molecule has 2 aliphatic heterocycles. The number of likely N-dealkylation sites (N-methyl/N-ethyl adjacent to an activating group) is 1. The lowest BCUT2D eigenvalue weighted by molar-refractivity contribution is -0.123. The van der Waals surface area contributed by atoms with Gasteiger partial charge in [-0.2, -0.15) is 0 Å². The molecular weight excluding hydrogens is 258 g/mol. The molecule has 0 aromatic heterocycles. The second-order valence-electron chi connectivity index (χ2n) is 5.56. The highest BCUT2D eigenvalue weighted by atomic mass is 16.5. The van der Waals surface area contributed by atoms with Crippen LogP contribution in [0.4, 0.5) is 0 Å². The van der Waals surface area contributed by atoms with Gasteiger partial charge in [-0.1, -0.05) is 0 Å². The lowest BCUT2D eigenvalue weighted by Crippen LogP contribution is -2.56. The fraction of sp³-hybridized carbons (Fsp3) is 0.929.